The van der Waals surface area contributed by atoms with E-state index in [1.54, 1.807) is 25.2 Å². The Labute approximate surface area is 111 Å². The van der Waals surface area contributed by atoms with Gasteiger partial charge in [-0.15, -0.1) is 0 Å². The Bertz CT molecular complexity index is 570. The second kappa shape index (κ2) is 5.77. The Balaban J connectivity index is 2.13. The number of carbonyl (C=O) groups is 1. The van der Waals surface area contributed by atoms with Crippen LogP contribution in [0.25, 0.3) is 0 Å². The second-order valence-corrected chi connectivity index (χ2v) is 3.87. The predicted octanol–water partition coefficient (Wildman–Crippen LogP) is 2.81. The Hall–Kier alpha value is -2.69. The van der Waals surface area contributed by atoms with Gasteiger partial charge < -0.3 is 21.1 Å². The first-order valence-corrected chi connectivity index (χ1v) is 5.80. The Morgan fingerprint density at radius 3 is 2.47 bits per heavy atom. The average Bonchev–Trinajstić information content (AvgIpc) is 2.43. The highest BCUT2D eigenvalue weighted by atomic mass is 16.5. The van der Waals surface area contributed by atoms with Crippen LogP contribution in [-0.2, 0) is 0 Å². The van der Waals surface area contributed by atoms with Gasteiger partial charge in [0, 0.05) is 13.1 Å². The van der Waals surface area contributed by atoms with E-state index < -0.39 is 0 Å². The summed E-state index contributed by atoms with van der Waals surface area (Å²) in [5, 5.41) is 5.08. The summed E-state index contributed by atoms with van der Waals surface area (Å²) in [4.78, 5) is 11.2. The number of hydrogen-bond donors (Lipinski definition) is 3. The molecule has 19 heavy (non-hydrogen) atoms. The zero-order valence-corrected chi connectivity index (χ0v) is 10.5. The van der Waals surface area contributed by atoms with E-state index in [1.165, 1.54) is 0 Å². The normalized spacial score (nSPS) is 9.74. The van der Waals surface area contributed by atoms with E-state index >= 15 is 0 Å². The summed E-state index contributed by atoms with van der Waals surface area (Å²) in [6.45, 7) is 0. The number of urea groups is 1. The predicted molar refractivity (Wildman–Crippen MR) is 75.4 cm³/mol. The van der Waals surface area contributed by atoms with E-state index in [-0.39, 0.29) is 6.03 Å². The van der Waals surface area contributed by atoms with Crippen LogP contribution in [0.3, 0.4) is 0 Å². The molecule has 0 spiro atoms. The fourth-order valence-electron chi connectivity index (χ4n) is 1.53. The lowest BCUT2D eigenvalue weighted by molar-refractivity contribution is 0.254. The molecule has 5 heteroatoms. The van der Waals surface area contributed by atoms with Crippen molar-refractivity contribution < 1.29 is 9.53 Å². The van der Waals surface area contributed by atoms with Crippen molar-refractivity contribution in [2.75, 3.05) is 18.1 Å². The molecule has 2 amide bonds. The first-order valence-electron chi connectivity index (χ1n) is 5.80. The summed E-state index contributed by atoms with van der Waals surface area (Å²) in [6, 6.07) is 14.2. The van der Waals surface area contributed by atoms with Gasteiger partial charge in [0.2, 0.25) is 0 Å². The van der Waals surface area contributed by atoms with Crippen LogP contribution in [0.5, 0.6) is 11.5 Å². The fourth-order valence-corrected chi connectivity index (χ4v) is 1.53. The zero-order chi connectivity index (χ0) is 13.7. The molecule has 0 aromatic heterocycles. The average molecular weight is 257 g/mol. The minimum absolute atomic E-state index is 0.316. The number of rotatable bonds is 3. The molecule has 0 bridgehead atoms. The number of nitrogen functional groups attached to an aromatic ring is 1. The zero-order valence-electron chi connectivity index (χ0n) is 10.5. The standard InChI is InChI=1S/C14H15N3O2/c1-16-14(18)17-13-8-7-11(9-12(13)15)19-10-5-3-2-4-6-10/h2-9H,15H2,1H3,(H2,16,17,18). The van der Waals surface area contributed by atoms with Gasteiger partial charge in [-0.25, -0.2) is 4.79 Å². The van der Waals surface area contributed by atoms with Gasteiger partial charge in [0.25, 0.3) is 0 Å². The molecule has 0 aliphatic heterocycles. The summed E-state index contributed by atoms with van der Waals surface area (Å²) in [5.41, 5.74) is 6.84. The Morgan fingerprint density at radius 2 is 1.84 bits per heavy atom. The molecule has 0 saturated heterocycles. The number of anilines is 2. The van der Waals surface area contributed by atoms with Crippen LogP contribution in [0.2, 0.25) is 0 Å². The van der Waals surface area contributed by atoms with Crippen LogP contribution < -0.4 is 21.1 Å². The van der Waals surface area contributed by atoms with Crippen molar-refractivity contribution in [2.24, 2.45) is 0 Å². The van der Waals surface area contributed by atoms with Crippen molar-refractivity contribution in [1.82, 2.24) is 5.32 Å². The summed E-state index contributed by atoms with van der Waals surface area (Å²) < 4.78 is 5.64. The lowest BCUT2D eigenvalue weighted by Crippen LogP contribution is -2.24. The first kappa shape index (κ1) is 12.8. The fraction of sp³-hybridized carbons (Fsp3) is 0.0714. The van der Waals surface area contributed by atoms with Gasteiger partial charge in [0.1, 0.15) is 11.5 Å². The highest BCUT2D eigenvalue weighted by molar-refractivity contribution is 5.92. The minimum Gasteiger partial charge on any atom is -0.457 e. The van der Waals surface area contributed by atoms with E-state index in [0.717, 1.165) is 5.75 Å². The van der Waals surface area contributed by atoms with Crippen LogP contribution in [0.4, 0.5) is 16.2 Å². The number of ether oxygens (including phenoxy) is 1. The molecular weight excluding hydrogens is 242 g/mol. The maximum absolute atomic E-state index is 11.2. The van der Waals surface area contributed by atoms with Crippen molar-refractivity contribution in [3.05, 3.63) is 48.5 Å². The van der Waals surface area contributed by atoms with E-state index in [1.807, 2.05) is 30.3 Å². The van der Waals surface area contributed by atoms with Gasteiger partial charge >= 0.3 is 6.03 Å². The smallest absolute Gasteiger partial charge is 0.319 e. The molecule has 2 aromatic rings. The quantitative estimate of drug-likeness (QED) is 0.740. The third-order valence-corrected chi connectivity index (χ3v) is 2.48. The largest absolute Gasteiger partial charge is 0.457 e. The molecule has 0 heterocycles. The number of benzene rings is 2. The van der Waals surface area contributed by atoms with Gasteiger partial charge in [0.15, 0.2) is 0 Å². The number of amides is 2. The lowest BCUT2D eigenvalue weighted by atomic mass is 10.2. The molecular formula is C14H15N3O2. The second-order valence-electron chi connectivity index (χ2n) is 3.87. The molecule has 98 valence electrons. The first-order chi connectivity index (χ1) is 9.19. The summed E-state index contributed by atoms with van der Waals surface area (Å²) >= 11 is 0. The molecule has 0 fully saturated rings. The molecule has 0 saturated carbocycles. The van der Waals surface area contributed by atoms with Crippen molar-refractivity contribution in [2.45, 2.75) is 0 Å². The summed E-state index contributed by atoms with van der Waals surface area (Å²) in [6.07, 6.45) is 0. The van der Waals surface area contributed by atoms with Gasteiger partial charge in [-0.2, -0.15) is 0 Å². The van der Waals surface area contributed by atoms with Crippen molar-refractivity contribution in [3.63, 3.8) is 0 Å². The number of nitrogens with one attached hydrogen (secondary N) is 2. The van der Waals surface area contributed by atoms with Crippen LogP contribution in [0.1, 0.15) is 0 Å². The number of carbonyl (C=O) groups excluding carboxylic acids is 1. The topological polar surface area (TPSA) is 76.4 Å². The number of para-hydroxylation sites is 1. The third-order valence-electron chi connectivity index (χ3n) is 2.48. The lowest BCUT2D eigenvalue weighted by Gasteiger charge is -2.10. The Kier molecular flexibility index (Phi) is 3.87. The van der Waals surface area contributed by atoms with Gasteiger partial charge in [0.05, 0.1) is 11.4 Å². The maximum Gasteiger partial charge on any atom is 0.319 e. The monoisotopic (exact) mass is 257 g/mol. The molecule has 2 aromatic carbocycles. The Morgan fingerprint density at radius 1 is 1.11 bits per heavy atom. The van der Waals surface area contributed by atoms with E-state index in [9.17, 15) is 4.79 Å². The minimum atomic E-state index is -0.316. The van der Waals surface area contributed by atoms with Crippen LogP contribution in [-0.4, -0.2) is 13.1 Å². The van der Waals surface area contributed by atoms with Crippen molar-refractivity contribution in [1.29, 1.82) is 0 Å². The molecule has 0 aliphatic rings. The van der Waals surface area contributed by atoms with Crippen molar-refractivity contribution >= 4 is 17.4 Å². The SMILES string of the molecule is CNC(=O)Nc1ccc(Oc2ccccc2)cc1N. The third kappa shape index (κ3) is 3.38. The van der Waals surface area contributed by atoms with Crippen LogP contribution in [0, 0.1) is 0 Å². The van der Waals surface area contributed by atoms with E-state index in [4.69, 9.17) is 10.5 Å². The highest BCUT2D eigenvalue weighted by Gasteiger charge is 2.05. The van der Waals surface area contributed by atoms with E-state index in [0.29, 0.717) is 17.1 Å². The maximum atomic E-state index is 11.2. The van der Waals surface area contributed by atoms with Crippen molar-refractivity contribution in [3.8, 4) is 11.5 Å². The summed E-state index contributed by atoms with van der Waals surface area (Å²) in [5.74, 6) is 1.35. The van der Waals surface area contributed by atoms with Crippen LogP contribution in [0.15, 0.2) is 48.5 Å². The highest BCUT2D eigenvalue weighted by Crippen LogP contribution is 2.27. The molecule has 0 unspecified atom stereocenters. The molecule has 2 rings (SSSR count). The molecule has 0 aliphatic carbocycles. The molecule has 0 atom stereocenters. The van der Waals surface area contributed by atoms with Gasteiger partial charge in [-0.3, -0.25) is 0 Å². The molecule has 4 N–H and O–H groups in total. The van der Waals surface area contributed by atoms with Gasteiger partial charge in [-0.05, 0) is 24.3 Å². The summed E-state index contributed by atoms with van der Waals surface area (Å²) in [7, 11) is 1.54. The molecule has 0 radical (unpaired) electrons. The van der Waals surface area contributed by atoms with Gasteiger partial charge in [-0.1, -0.05) is 18.2 Å². The number of nitrogens with two attached hydrogens (primary N) is 1. The van der Waals surface area contributed by atoms with E-state index in [2.05, 4.69) is 10.6 Å². The van der Waals surface area contributed by atoms with Crippen LogP contribution >= 0.6 is 0 Å². The number of hydrogen-bond acceptors (Lipinski definition) is 3. The molecule has 5 nitrogen and oxygen atoms in total.